The van der Waals surface area contributed by atoms with Crippen LogP contribution in [0.2, 0.25) is 5.02 Å². The first kappa shape index (κ1) is 16.5. The number of nitrogens with zero attached hydrogens (tertiary/aromatic N) is 1. The molecule has 0 unspecified atom stereocenters. The second-order valence-electron chi connectivity index (χ2n) is 4.61. The van der Waals surface area contributed by atoms with Crippen LogP contribution in [-0.2, 0) is 9.59 Å². The summed E-state index contributed by atoms with van der Waals surface area (Å²) in [6, 6.07) is 5.25. The fraction of sp³-hybridized carbons (Fsp3) is 0.429. The molecule has 0 saturated carbocycles. The number of aliphatic carboxylic acids is 1. The average Bonchev–Trinajstić information content (AvgIpc) is 2.33. The minimum Gasteiger partial charge on any atom is -0.480 e. The topological polar surface area (TPSA) is 69.6 Å². The summed E-state index contributed by atoms with van der Waals surface area (Å²) in [5.41, 5.74) is 1.55. The van der Waals surface area contributed by atoms with Gasteiger partial charge in [0.05, 0.1) is 13.1 Å². The van der Waals surface area contributed by atoms with Gasteiger partial charge in [0.1, 0.15) is 0 Å². The van der Waals surface area contributed by atoms with E-state index in [9.17, 15) is 9.59 Å². The van der Waals surface area contributed by atoms with Crippen LogP contribution < -0.4 is 5.32 Å². The molecule has 0 aliphatic heterocycles. The highest BCUT2D eigenvalue weighted by atomic mass is 35.5. The number of aryl methyl sites for hydroxylation is 1. The Kier molecular flexibility index (Phi) is 6.48. The van der Waals surface area contributed by atoms with Crippen molar-refractivity contribution in [3.05, 3.63) is 28.8 Å². The number of anilines is 1. The SMILES string of the molecule is CCCN(CC(=O)O)CC(=O)Nc1cc(Cl)ccc1C. The molecule has 0 bridgehead atoms. The molecule has 0 heterocycles. The van der Waals surface area contributed by atoms with Gasteiger partial charge in [0.15, 0.2) is 0 Å². The number of carboxylic acid groups (broad SMARTS) is 1. The van der Waals surface area contributed by atoms with Crippen molar-refractivity contribution in [2.45, 2.75) is 20.3 Å². The molecule has 0 saturated heterocycles. The van der Waals surface area contributed by atoms with E-state index in [1.54, 1.807) is 17.0 Å². The maximum absolute atomic E-state index is 12.0. The molecular weight excluding hydrogens is 280 g/mol. The predicted octanol–water partition coefficient (Wildman–Crippen LogP) is 2.38. The zero-order valence-electron chi connectivity index (χ0n) is 11.6. The lowest BCUT2D eigenvalue weighted by Crippen LogP contribution is -2.37. The average molecular weight is 299 g/mol. The van der Waals surface area contributed by atoms with E-state index < -0.39 is 5.97 Å². The first-order chi connectivity index (χ1) is 9.42. The number of amides is 1. The number of hydrogen-bond acceptors (Lipinski definition) is 3. The quantitative estimate of drug-likeness (QED) is 0.811. The Hall–Kier alpha value is -1.59. The van der Waals surface area contributed by atoms with Gasteiger partial charge in [0.25, 0.3) is 0 Å². The number of halogens is 1. The van der Waals surface area contributed by atoms with Crippen molar-refractivity contribution in [2.75, 3.05) is 25.0 Å². The van der Waals surface area contributed by atoms with Crippen LogP contribution >= 0.6 is 11.6 Å². The van der Waals surface area contributed by atoms with Gasteiger partial charge in [-0.1, -0.05) is 24.6 Å². The highest BCUT2D eigenvalue weighted by Gasteiger charge is 2.14. The van der Waals surface area contributed by atoms with Gasteiger partial charge < -0.3 is 10.4 Å². The minimum absolute atomic E-state index is 0.0477. The molecule has 5 nitrogen and oxygen atoms in total. The molecule has 0 aliphatic rings. The molecule has 20 heavy (non-hydrogen) atoms. The lowest BCUT2D eigenvalue weighted by Gasteiger charge is -2.19. The van der Waals surface area contributed by atoms with Crippen LogP contribution in [0.15, 0.2) is 18.2 Å². The smallest absolute Gasteiger partial charge is 0.317 e. The van der Waals surface area contributed by atoms with Gasteiger partial charge >= 0.3 is 5.97 Å². The van der Waals surface area contributed by atoms with Crippen LogP contribution in [0.25, 0.3) is 0 Å². The summed E-state index contributed by atoms with van der Waals surface area (Å²) in [7, 11) is 0. The number of carboxylic acids is 1. The summed E-state index contributed by atoms with van der Waals surface area (Å²) in [6.45, 7) is 4.27. The Balaban J connectivity index is 2.65. The van der Waals surface area contributed by atoms with Crippen molar-refractivity contribution >= 4 is 29.2 Å². The third-order valence-corrected chi connectivity index (χ3v) is 2.97. The monoisotopic (exact) mass is 298 g/mol. The van der Waals surface area contributed by atoms with Gasteiger partial charge in [-0.2, -0.15) is 0 Å². The Morgan fingerprint density at radius 3 is 2.65 bits per heavy atom. The van der Waals surface area contributed by atoms with Crippen LogP contribution in [0.4, 0.5) is 5.69 Å². The van der Waals surface area contributed by atoms with Gasteiger partial charge in [0.2, 0.25) is 5.91 Å². The highest BCUT2D eigenvalue weighted by molar-refractivity contribution is 6.31. The van der Waals surface area contributed by atoms with Gasteiger partial charge in [-0.3, -0.25) is 14.5 Å². The zero-order chi connectivity index (χ0) is 15.1. The molecule has 110 valence electrons. The second-order valence-corrected chi connectivity index (χ2v) is 5.05. The van der Waals surface area contributed by atoms with E-state index in [0.717, 1.165) is 12.0 Å². The van der Waals surface area contributed by atoms with Crippen molar-refractivity contribution in [3.63, 3.8) is 0 Å². The van der Waals surface area contributed by atoms with Gasteiger partial charge in [0, 0.05) is 10.7 Å². The molecule has 1 aromatic rings. The fourth-order valence-corrected chi connectivity index (χ4v) is 2.02. The molecule has 0 atom stereocenters. The normalized spacial score (nSPS) is 10.6. The summed E-state index contributed by atoms with van der Waals surface area (Å²) < 4.78 is 0. The number of benzene rings is 1. The van der Waals surface area contributed by atoms with Gasteiger partial charge in [-0.15, -0.1) is 0 Å². The molecule has 0 fully saturated rings. The van der Waals surface area contributed by atoms with E-state index in [1.807, 2.05) is 19.9 Å². The third-order valence-electron chi connectivity index (χ3n) is 2.74. The Bertz CT molecular complexity index is 491. The molecule has 0 aliphatic carbocycles. The van der Waals surface area contributed by atoms with Crippen LogP contribution in [0.3, 0.4) is 0 Å². The fourth-order valence-electron chi connectivity index (χ4n) is 1.84. The summed E-state index contributed by atoms with van der Waals surface area (Å²) in [5, 5.41) is 12.1. The van der Waals surface area contributed by atoms with Crippen molar-refractivity contribution in [3.8, 4) is 0 Å². The molecule has 0 spiro atoms. The van der Waals surface area contributed by atoms with E-state index in [1.165, 1.54) is 0 Å². The van der Waals surface area contributed by atoms with Crippen molar-refractivity contribution < 1.29 is 14.7 Å². The molecular formula is C14H19ClN2O3. The van der Waals surface area contributed by atoms with Crippen molar-refractivity contribution in [1.82, 2.24) is 4.90 Å². The second kappa shape index (κ2) is 7.87. The van der Waals surface area contributed by atoms with E-state index in [0.29, 0.717) is 17.3 Å². The van der Waals surface area contributed by atoms with Crippen molar-refractivity contribution in [1.29, 1.82) is 0 Å². The minimum atomic E-state index is -0.940. The number of rotatable bonds is 7. The number of hydrogen-bond donors (Lipinski definition) is 2. The first-order valence-corrected chi connectivity index (χ1v) is 6.80. The Morgan fingerprint density at radius 1 is 1.35 bits per heavy atom. The number of carbonyl (C=O) groups excluding carboxylic acids is 1. The third kappa shape index (κ3) is 5.59. The van der Waals surface area contributed by atoms with Crippen LogP contribution in [0.5, 0.6) is 0 Å². The summed E-state index contributed by atoms with van der Waals surface area (Å²) in [6.07, 6.45) is 0.788. The van der Waals surface area contributed by atoms with Crippen LogP contribution in [0.1, 0.15) is 18.9 Å². The molecule has 6 heteroatoms. The number of nitrogens with one attached hydrogen (secondary N) is 1. The Labute approximate surface area is 123 Å². The van der Waals surface area contributed by atoms with E-state index in [4.69, 9.17) is 16.7 Å². The molecule has 0 radical (unpaired) electrons. The Morgan fingerprint density at radius 2 is 2.05 bits per heavy atom. The van der Waals surface area contributed by atoms with Crippen LogP contribution in [-0.4, -0.2) is 41.5 Å². The lowest BCUT2D eigenvalue weighted by molar-refractivity contribution is -0.138. The maximum atomic E-state index is 12.0. The molecule has 0 aromatic heterocycles. The molecule has 1 amide bonds. The zero-order valence-corrected chi connectivity index (χ0v) is 12.4. The summed E-state index contributed by atoms with van der Waals surface area (Å²) in [5.74, 6) is -1.18. The van der Waals surface area contributed by atoms with Crippen molar-refractivity contribution in [2.24, 2.45) is 0 Å². The lowest BCUT2D eigenvalue weighted by atomic mass is 10.2. The van der Waals surface area contributed by atoms with E-state index >= 15 is 0 Å². The summed E-state index contributed by atoms with van der Waals surface area (Å²) in [4.78, 5) is 24.3. The predicted molar refractivity (Wildman–Crippen MR) is 79.2 cm³/mol. The van der Waals surface area contributed by atoms with E-state index in [2.05, 4.69) is 5.32 Å². The van der Waals surface area contributed by atoms with Crippen LogP contribution in [0, 0.1) is 6.92 Å². The molecule has 2 N–H and O–H groups in total. The van der Waals surface area contributed by atoms with Gasteiger partial charge in [-0.25, -0.2) is 0 Å². The highest BCUT2D eigenvalue weighted by Crippen LogP contribution is 2.20. The molecule has 1 rings (SSSR count). The number of carbonyl (C=O) groups is 2. The van der Waals surface area contributed by atoms with E-state index in [-0.39, 0.29) is 19.0 Å². The standard InChI is InChI=1S/C14H19ClN2O3/c1-3-6-17(9-14(19)20)8-13(18)16-12-7-11(15)5-4-10(12)2/h4-5,7H,3,6,8-9H2,1-2H3,(H,16,18)(H,19,20). The van der Waals surface area contributed by atoms with Gasteiger partial charge in [-0.05, 0) is 37.6 Å². The maximum Gasteiger partial charge on any atom is 0.317 e. The largest absolute Gasteiger partial charge is 0.480 e. The summed E-state index contributed by atoms with van der Waals surface area (Å²) >= 11 is 5.89. The first-order valence-electron chi connectivity index (χ1n) is 6.42. The molecule has 1 aromatic carbocycles.